The monoisotopic (exact) mass is 373 g/mol. The van der Waals surface area contributed by atoms with Gasteiger partial charge in [0.15, 0.2) is 11.5 Å². The Labute approximate surface area is 152 Å². The van der Waals surface area contributed by atoms with Crippen LogP contribution in [0.2, 0.25) is 0 Å². The number of ether oxygens (including phenoxy) is 2. The van der Waals surface area contributed by atoms with Crippen LogP contribution in [-0.4, -0.2) is 49.1 Å². The Morgan fingerprint density at radius 1 is 1.32 bits per heavy atom. The van der Waals surface area contributed by atoms with E-state index in [1.54, 1.807) is 4.90 Å². The van der Waals surface area contributed by atoms with Gasteiger partial charge in [0.1, 0.15) is 5.56 Å². The van der Waals surface area contributed by atoms with Gasteiger partial charge in [-0.15, -0.1) is 12.4 Å². The quantitative estimate of drug-likeness (QED) is 0.640. The Morgan fingerprint density at radius 3 is 2.36 bits per heavy atom. The number of methoxy groups -OCH3 is 2. The highest BCUT2D eigenvalue weighted by molar-refractivity contribution is 5.99. The SMILES string of the molecule is COc1cc(C(=O)N2CCC(N)C(C)(C)C2)c([N+](=O)[O-])cc1OC.Cl. The molecular weight excluding hydrogens is 350 g/mol. The normalized spacial score (nSPS) is 18.9. The van der Waals surface area contributed by atoms with Crippen molar-refractivity contribution in [2.75, 3.05) is 27.3 Å². The van der Waals surface area contributed by atoms with Crippen LogP contribution in [0.15, 0.2) is 12.1 Å². The van der Waals surface area contributed by atoms with Crippen LogP contribution in [0.5, 0.6) is 11.5 Å². The summed E-state index contributed by atoms with van der Waals surface area (Å²) in [7, 11) is 2.80. The zero-order chi connectivity index (χ0) is 18.1. The fraction of sp³-hybridized carbons (Fsp3) is 0.562. The van der Waals surface area contributed by atoms with Gasteiger partial charge in [-0.05, 0) is 11.8 Å². The van der Waals surface area contributed by atoms with Crippen LogP contribution < -0.4 is 15.2 Å². The Morgan fingerprint density at radius 2 is 1.88 bits per heavy atom. The smallest absolute Gasteiger partial charge is 0.286 e. The van der Waals surface area contributed by atoms with Crippen molar-refractivity contribution in [3.05, 3.63) is 27.8 Å². The number of hydrogen-bond acceptors (Lipinski definition) is 6. The maximum Gasteiger partial charge on any atom is 0.286 e. The van der Waals surface area contributed by atoms with Gasteiger partial charge in [-0.3, -0.25) is 14.9 Å². The Bertz CT molecular complexity index is 665. The Hall–Kier alpha value is -2.06. The second-order valence-corrected chi connectivity index (χ2v) is 6.59. The first-order valence-electron chi connectivity index (χ1n) is 7.66. The van der Waals surface area contributed by atoms with Gasteiger partial charge in [0.05, 0.1) is 25.2 Å². The molecule has 1 saturated heterocycles. The summed E-state index contributed by atoms with van der Waals surface area (Å²) in [6.45, 7) is 4.88. The molecule has 0 saturated carbocycles. The van der Waals surface area contributed by atoms with Gasteiger partial charge in [0.25, 0.3) is 11.6 Å². The molecule has 1 aliphatic heterocycles. The van der Waals surface area contributed by atoms with E-state index in [4.69, 9.17) is 15.2 Å². The van der Waals surface area contributed by atoms with Crippen molar-refractivity contribution in [2.45, 2.75) is 26.3 Å². The lowest BCUT2D eigenvalue weighted by molar-refractivity contribution is -0.385. The summed E-state index contributed by atoms with van der Waals surface area (Å²) < 4.78 is 10.3. The first-order chi connectivity index (χ1) is 11.2. The lowest BCUT2D eigenvalue weighted by Gasteiger charge is -2.42. The lowest BCUT2D eigenvalue weighted by Crippen LogP contribution is -2.54. The molecule has 1 aromatic rings. The van der Waals surface area contributed by atoms with Crippen molar-refractivity contribution < 1.29 is 19.2 Å². The number of benzene rings is 1. The summed E-state index contributed by atoms with van der Waals surface area (Å²) in [6.07, 6.45) is 0.653. The van der Waals surface area contributed by atoms with Crippen LogP contribution in [0.25, 0.3) is 0 Å². The van der Waals surface area contributed by atoms with Crippen molar-refractivity contribution in [3.63, 3.8) is 0 Å². The van der Waals surface area contributed by atoms with Crippen molar-refractivity contribution in [1.29, 1.82) is 0 Å². The number of nitro groups is 1. The number of carbonyl (C=O) groups is 1. The molecular formula is C16H24ClN3O5. The van der Waals surface area contributed by atoms with Gasteiger partial charge < -0.3 is 20.1 Å². The molecule has 0 bridgehead atoms. The molecule has 1 fully saturated rings. The number of rotatable bonds is 4. The topological polar surface area (TPSA) is 108 Å². The standard InChI is InChI=1S/C16H23N3O5.ClH/c1-16(2)9-18(6-5-14(16)17)15(20)10-7-12(23-3)13(24-4)8-11(10)19(21)22;/h7-8,14H,5-6,9,17H2,1-4H3;1H. The fourth-order valence-electron chi connectivity index (χ4n) is 2.91. The molecule has 9 heteroatoms. The third-order valence-electron chi connectivity index (χ3n) is 4.53. The van der Waals surface area contributed by atoms with E-state index >= 15 is 0 Å². The molecule has 25 heavy (non-hydrogen) atoms. The molecule has 0 aliphatic carbocycles. The molecule has 1 heterocycles. The van der Waals surface area contributed by atoms with Crippen LogP contribution in [0.3, 0.4) is 0 Å². The highest BCUT2D eigenvalue weighted by Crippen LogP contribution is 2.36. The molecule has 2 rings (SSSR count). The summed E-state index contributed by atoms with van der Waals surface area (Å²) in [4.78, 5) is 25.3. The van der Waals surface area contributed by atoms with E-state index in [-0.39, 0.29) is 46.6 Å². The van der Waals surface area contributed by atoms with Crippen molar-refractivity contribution in [1.82, 2.24) is 4.90 Å². The average molecular weight is 374 g/mol. The minimum Gasteiger partial charge on any atom is -0.493 e. The molecule has 1 aliphatic rings. The number of likely N-dealkylation sites (tertiary alicyclic amines) is 1. The van der Waals surface area contributed by atoms with Crippen LogP contribution in [-0.2, 0) is 0 Å². The molecule has 0 spiro atoms. The number of hydrogen-bond donors (Lipinski definition) is 1. The molecule has 0 radical (unpaired) electrons. The number of halogens is 1. The van der Waals surface area contributed by atoms with Gasteiger partial charge in [0, 0.05) is 25.2 Å². The summed E-state index contributed by atoms with van der Waals surface area (Å²) in [5, 5.41) is 11.4. The van der Waals surface area contributed by atoms with Crippen molar-refractivity contribution in [3.8, 4) is 11.5 Å². The predicted octanol–water partition coefficient (Wildman–Crippen LogP) is 2.23. The first-order valence-corrected chi connectivity index (χ1v) is 7.66. The van der Waals surface area contributed by atoms with Gasteiger partial charge in [0.2, 0.25) is 0 Å². The molecule has 1 unspecified atom stereocenters. The number of piperidine rings is 1. The second-order valence-electron chi connectivity index (χ2n) is 6.59. The molecule has 1 amide bonds. The van der Waals surface area contributed by atoms with Crippen LogP contribution >= 0.6 is 12.4 Å². The molecule has 2 N–H and O–H groups in total. The van der Waals surface area contributed by atoms with Crippen molar-refractivity contribution in [2.24, 2.45) is 11.1 Å². The van der Waals surface area contributed by atoms with Gasteiger partial charge in [-0.2, -0.15) is 0 Å². The average Bonchev–Trinajstić information content (AvgIpc) is 2.55. The van der Waals surface area contributed by atoms with E-state index < -0.39 is 10.8 Å². The zero-order valence-corrected chi connectivity index (χ0v) is 15.6. The van der Waals surface area contributed by atoms with E-state index in [0.29, 0.717) is 19.5 Å². The first kappa shape index (κ1) is 21.0. The summed E-state index contributed by atoms with van der Waals surface area (Å²) in [5.41, 5.74) is 5.53. The molecule has 0 aromatic heterocycles. The third kappa shape index (κ3) is 4.13. The van der Waals surface area contributed by atoms with Gasteiger partial charge >= 0.3 is 0 Å². The van der Waals surface area contributed by atoms with E-state index in [1.165, 1.54) is 26.4 Å². The number of amides is 1. The number of nitrogens with two attached hydrogens (primary N) is 1. The largest absolute Gasteiger partial charge is 0.493 e. The van der Waals surface area contributed by atoms with Gasteiger partial charge in [-0.25, -0.2) is 0 Å². The number of nitro benzene ring substituents is 1. The molecule has 8 nitrogen and oxygen atoms in total. The fourth-order valence-corrected chi connectivity index (χ4v) is 2.91. The minimum absolute atomic E-state index is 0. The lowest BCUT2D eigenvalue weighted by atomic mass is 9.79. The summed E-state index contributed by atoms with van der Waals surface area (Å²) in [5.74, 6) is 0.0868. The second kappa shape index (κ2) is 7.88. The van der Waals surface area contributed by atoms with E-state index in [9.17, 15) is 14.9 Å². The summed E-state index contributed by atoms with van der Waals surface area (Å²) >= 11 is 0. The highest BCUT2D eigenvalue weighted by Gasteiger charge is 2.37. The van der Waals surface area contributed by atoms with Gasteiger partial charge in [-0.1, -0.05) is 13.8 Å². The van der Waals surface area contributed by atoms with Crippen LogP contribution in [0.4, 0.5) is 5.69 Å². The van der Waals surface area contributed by atoms with Crippen molar-refractivity contribution >= 4 is 24.0 Å². The number of carbonyl (C=O) groups excluding carboxylic acids is 1. The van der Waals surface area contributed by atoms with E-state index in [1.807, 2.05) is 13.8 Å². The summed E-state index contributed by atoms with van der Waals surface area (Å²) in [6, 6.07) is 2.57. The molecule has 140 valence electrons. The van der Waals surface area contributed by atoms with Crippen LogP contribution in [0, 0.1) is 15.5 Å². The molecule has 1 aromatic carbocycles. The Balaban J connectivity index is 0.00000312. The minimum atomic E-state index is -0.587. The zero-order valence-electron chi connectivity index (χ0n) is 14.8. The van der Waals surface area contributed by atoms with E-state index in [2.05, 4.69) is 0 Å². The van der Waals surface area contributed by atoms with Crippen LogP contribution in [0.1, 0.15) is 30.6 Å². The maximum absolute atomic E-state index is 12.9. The molecule has 1 atom stereocenters. The number of nitrogens with zero attached hydrogens (tertiary/aromatic N) is 2. The third-order valence-corrected chi connectivity index (χ3v) is 4.53. The predicted molar refractivity (Wildman–Crippen MR) is 95.7 cm³/mol. The van der Waals surface area contributed by atoms with E-state index in [0.717, 1.165) is 0 Å². The highest BCUT2D eigenvalue weighted by atomic mass is 35.5. The Kier molecular flexibility index (Phi) is 6.61. The maximum atomic E-state index is 12.9.